The molecule has 0 fully saturated rings. The number of carbonyl (C=O) groups is 3. The molecule has 3 aromatic rings. The lowest BCUT2D eigenvalue weighted by molar-refractivity contribution is -0.128. The zero-order valence-electron chi connectivity index (χ0n) is 18.1. The number of hydrogen-bond donors (Lipinski definition) is 1. The van der Waals surface area contributed by atoms with Crippen molar-refractivity contribution >= 4 is 29.2 Å². The van der Waals surface area contributed by atoms with Crippen molar-refractivity contribution in [3.05, 3.63) is 88.3 Å². The van der Waals surface area contributed by atoms with E-state index in [1.165, 1.54) is 17.0 Å². The SMILES string of the molecule is CC1(C)C(=O)Nc2ccccc2N1C(=O)COC(=O)c1ccc(=O)n(Cc2ccccc2)n1. The lowest BCUT2D eigenvalue weighted by Crippen LogP contribution is -2.59. The van der Waals surface area contributed by atoms with Crippen molar-refractivity contribution in [2.24, 2.45) is 0 Å². The van der Waals surface area contributed by atoms with Crippen LogP contribution in [0.3, 0.4) is 0 Å². The third-order valence-electron chi connectivity index (χ3n) is 5.33. The standard InChI is InChI=1S/C24H22N4O5/c1-24(2)23(32)25-17-10-6-7-11-19(17)28(24)21(30)15-33-22(31)18-12-13-20(29)27(26-18)14-16-8-4-3-5-9-16/h3-13H,14-15H2,1-2H3,(H,25,32). The maximum atomic E-state index is 13.0. The van der Waals surface area contributed by atoms with Crippen molar-refractivity contribution in [3.8, 4) is 0 Å². The van der Waals surface area contributed by atoms with E-state index in [1.807, 2.05) is 30.3 Å². The Bertz CT molecular complexity index is 1280. The van der Waals surface area contributed by atoms with Gasteiger partial charge in [0.15, 0.2) is 12.3 Å². The smallest absolute Gasteiger partial charge is 0.359 e. The molecular weight excluding hydrogens is 424 g/mol. The average molecular weight is 446 g/mol. The number of esters is 1. The van der Waals surface area contributed by atoms with E-state index in [4.69, 9.17) is 4.74 Å². The number of rotatable bonds is 5. The van der Waals surface area contributed by atoms with Crippen LogP contribution in [-0.4, -0.2) is 39.7 Å². The molecule has 2 amide bonds. The summed E-state index contributed by atoms with van der Waals surface area (Å²) in [5.74, 6) is -1.76. The Morgan fingerprint density at radius 3 is 2.42 bits per heavy atom. The van der Waals surface area contributed by atoms with Gasteiger partial charge in [0.2, 0.25) is 5.91 Å². The largest absolute Gasteiger partial charge is 0.451 e. The lowest BCUT2D eigenvalue weighted by Gasteiger charge is -2.41. The number of aromatic nitrogens is 2. The van der Waals surface area contributed by atoms with Gasteiger partial charge in [0.25, 0.3) is 11.5 Å². The molecule has 0 radical (unpaired) electrons. The molecule has 2 aromatic carbocycles. The first-order chi connectivity index (χ1) is 15.8. The van der Waals surface area contributed by atoms with E-state index in [0.717, 1.165) is 10.2 Å². The van der Waals surface area contributed by atoms with Crippen molar-refractivity contribution in [3.63, 3.8) is 0 Å². The number of amides is 2. The third kappa shape index (κ3) is 4.38. The zero-order valence-corrected chi connectivity index (χ0v) is 18.1. The van der Waals surface area contributed by atoms with Crippen LogP contribution in [0.5, 0.6) is 0 Å². The molecule has 0 unspecified atom stereocenters. The summed E-state index contributed by atoms with van der Waals surface area (Å²) >= 11 is 0. The summed E-state index contributed by atoms with van der Waals surface area (Å²) in [4.78, 5) is 51.6. The fraction of sp³-hybridized carbons (Fsp3) is 0.208. The van der Waals surface area contributed by atoms with Crippen LogP contribution in [0.2, 0.25) is 0 Å². The number of para-hydroxylation sites is 2. The summed E-state index contributed by atoms with van der Waals surface area (Å²) in [5, 5.41) is 6.85. The van der Waals surface area contributed by atoms with Crippen LogP contribution >= 0.6 is 0 Å². The number of nitrogens with one attached hydrogen (secondary N) is 1. The van der Waals surface area contributed by atoms with Crippen molar-refractivity contribution in [1.82, 2.24) is 9.78 Å². The van der Waals surface area contributed by atoms with Crippen LogP contribution in [0, 0.1) is 0 Å². The van der Waals surface area contributed by atoms with Gasteiger partial charge in [-0.3, -0.25) is 19.3 Å². The first-order valence-corrected chi connectivity index (χ1v) is 10.3. The molecular formula is C24H22N4O5. The molecule has 0 atom stereocenters. The highest BCUT2D eigenvalue weighted by atomic mass is 16.5. The highest BCUT2D eigenvalue weighted by molar-refractivity contribution is 6.14. The number of anilines is 2. The van der Waals surface area contributed by atoms with Crippen molar-refractivity contribution < 1.29 is 19.1 Å². The molecule has 0 spiro atoms. The van der Waals surface area contributed by atoms with Crippen LogP contribution in [0.4, 0.5) is 11.4 Å². The summed E-state index contributed by atoms with van der Waals surface area (Å²) in [5.41, 5.74) is 0.198. The van der Waals surface area contributed by atoms with Gasteiger partial charge in [-0.1, -0.05) is 42.5 Å². The van der Waals surface area contributed by atoms with Gasteiger partial charge < -0.3 is 10.1 Å². The zero-order chi connectivity index (χ0) is 23.6. The van der Waals surface area contributed by atoms with E-state index in [1.54, 1.807) is 38.1 Å². The van der Waals surface area contributed by atoms with Crippen molar-refractivity contribution in [2.75, 3.05) is 16.8 Å². The van der Waals surface area contributed by atoms with Gasteiger partial charge in [-0.2, -0.15) is 5.10 Å². The molecule has 0 bridgehead atoms. The Morgan fingerprint density at radius 2 is 1.67 bits per heavy atom. The quantitative estimate of drug-likeness (QED) is 0.602. The monoisotopic (exact) mass is 446 g/mol. The third-order valence-corrected chi connectivity index (χ3v) is 5.33. The predicted octanol–water partition coefficient (Wildman–Crippen LogP) is 2.21. The molecule has 0 saturated heterocycles. The molecule has 0 aliphatic carbocycles. The number of ether oxygens (including phenoxy) is 1. The molecule has 9 heteroatoms. The van der Waals surface area contributed by atoms with Gasteiger partial charge in [-0.15, -0.1) is 0 Å². The van der Waals surface area contributed by atoms with E-state index in [-0.39, 0.29) is 23.7 Å². The van der Waals surface area contributed by atoms with Crippen LogP contribution in [0.15, 0.2) is 71.5 Å². The minimum atomic E-state index is -1.18. The molecule has 1 aromatic heterocycles. The topological polar surface area (TPSA) is 111 Å². The Kier molecular flexibility index (Phi) is 5.78. The second-order valence-corrected chi connectivity index (χ2v) is 8.04. The van der Waals surface area contributed by atoms with E-state index >= 15 is 0 Å². The predicted molar refractivity (Wildman–Crippen MR) is 121 cm³/mol. The van der Waals surface area contributed by atoms with Gasteiger partial charge in [0.1, 0.15) is 5.54 Å². The van der Waals surface area contributed by atoms with E-state index < -0.39 is 24.0 Å². The molecule has 4 rings (SSSR count). The average Bonchev–Trinajstić information content (AvgIpc) is 2.80. The van der Waals surface area contributed by atoms with E-state index in [0.29, 0.717) is 11.4 Å². The Hall–Kier alpha value is -4.27. The Morgan fingerprint density at radius 1 is 0.970 bits per heavy atom. The van der Waals surface area contributed by atoms with Crippen molar-refractivity contribution in [1.29, 1.82) is 0 Å². The van der Waals surface area contributed by atoms with E-state index in [9.17, 15) is 19.2 Å². The summed E-state index contributed by atoms with van der Waals surface area (Å²) in [6, 6.07) is 18.6. The number of hydrogen-bond acceptors (Lipinski definition) is 6. The first kappa shape index (κ1) is 21.9. The molecule has 33 heavy (non-hydrogen) atoms. The lowest BCUT2D eigenvalue weighted by atomic mass is 9.96. The highest BCUT2D eigenvalue weighted by Crippen LogP contribution is 2.36. The second-order valence-electron chi connectivity index (χ2n) is 8.04. The molecule has 0 saturated carbocycles. The van der Waals surface area contributed by atoms with E-state index in [2.05, 4.69) is 10.4 Å². The minimum absolute atomic E-state index is 0.102. The van der Waals surface area contributed by atoms with Crippen LogP contribution in [0.25, 0.3) is 0 Å². The summed E-state index contributed by atoms with van der Waals surface area (Å²) in [6.07, 6.45) is 0. The van der Waals surface area contributed by atoms with Crippen LogP contribution < -0.4 is 15.8 Å². The van der Waals surface area contributed by atoms with Crippen LogP contribution in [-0.2, 0) is 20.9 Å². The summed E-state index contributed by atoms with van der Waals surface area (Å²) in [6.45, 7) is 2.81. The van der Waals surface area contributed by atoms with Gasteiger partial charge >= 0.3 is 5.97 Å². The number of carbonyl (C=O) groups excluding carboxylic acids is 3. The molecule has 9 nitrogen and oxygen atoms in total. The molecule has 1 N–H and O–H groups in total. The van der Waals surface area contributed by atoms with Gasteiger partial charge in [0, 0.05) is 6.07 Å². The fourth-order valence-electron chi connectivity index (χ4n) is 3.59. The summed E-state index contributed by atoms with van der Waals surface area (Å²) < 4.78 is 6.35. The minimum Gasteiger partial charge on any atom is -0.451 e. The highest BCUT2D eigenvalue weighted by Gasteiger charge is 2.43. The maximum absolute atomic E-state index is 13.0. The normalized spacial score (nSPS) is 14.2. The fourth-order valence-corrected chi connectivity index (χ4v) is 3.59. The van der Waals surface area contributed by atoms with Gasteiger partial charge in [-0.25, -0.2) is 9.48 Å². The number of benzene rings is 2. The summed E-state index contributed by atoms with van der Waals surface area (Å²) in [7, 11) is 0. The second kappa shape index (κ2) is 8.70. The molecule has 1 aliphatic rings. The van der Waals surface area contributed by atoms with Crippen LogP contribution in [0.1, 0.15) is 29.9 Å². The Balaban J connectivity index is 1.50. The molecule has 2 heterocycles. The maximum Gasteiger partial charge on any atom is 0.359 e. The number of fused-ring (bicyclic) bond motifs is 1. The first-order valence-electron chi connectivity index (χ1n) is 10.3. The Labute approximate surface area is 189 Å². The number of nitrogens with zero attached hydrogens (tertiary/aromatic N) is 3. The van der Waals surface area contributed by atoms with Gasteiger partial charge in [-0.05, 0) is 37.6 Å². The van der Waals surface area contributed by atoms with Crippen molar-refractivity contribution in [2.45, 2.75) is 25.9 Å². The molecule has 1 aliphatic heterocycles. The van der Waals surface area contributed by atoms with Gasteiger partial charge in [0.05, 0.1) is 17.9 Å². The molecule has 168 valence electrons.